The maximum absolute atomic E-state index is 12.1. The number of carbonyl (C=O) groups is 2. The lowest BCUT2D eigenvalue weighted by atomic mass is 10.1. The fourth-order valence-electron chi connectivity index (χ4n) is 2.15. The average Bonchev–Trinajstić information content (AvgIpc) is 2.68. The number of hydrogen-bond donors (Lipinski definition) is 0. The summed E-state index contributed by atoms with van der Waals surface area (Å²) in [6.07, 6.45) is 1.56. The predicted molar refractivity (Wildman–Crippen MR) is 76.2 cm³/mol. The second kappa shape index (κ2) is 4.89. The first-order valence-electron chi connectivity index (χ1n) is 5.83. The largest absolute Gasteiger partial charge is 0.299 e. The van der Waals surface area contributed by atoms with Crippen molar-refractivity contribution in [1.82, 2.24) is 4.98 Å². The summed E-state index contributed by atoms with van der Waals surface area (Å²) in [6.45, 7) is 0.228. The molecule has 0 saturated carbocycles. The Hall–Kier alpha value is -1.91. The summed E-state index contributed by atoms with van der Waals surface area (Å²) >= 11 is 11.8. The van der Waals surface area contributed by atoms with Gasteiger partial charge < -0.3 is 0 Å². The number of anilines is 1. The molecule has 6 heteroatoms. The van der Waals surface area contributed by atoms with E-state index in [-0.39, 0.29) is 6.54 Å². The molecule has 0 spiro atoms. The van der Waals surface area contributed by atoms with Gasteiger partial charge in [0.15, 0.2) is 0 Å². The molecule has 0 bridgehead atoms. The monoisotopic (exact) mass is 306 g/mol. The average molecular weight is 307 g/mol. The third-order valence-corrected chi connectivity index (χ3v) is 3.60. The highest BCUT2D eigenvalue weighted by Gasteiger charge is 2.37. The van der Waals surface area contributed by atoms with E-state index in [1.807, 2.05) is 0 Å². The summed E-state index contributed by atoms with van der Waals surface area (Å²) in [7, 11) is 0. The van der Waals surface area contributed by atoms with E-state index >= 15 is 0 Å². The Labute approximate surface area is 124 Å². The first-order valence-corrected chi connectivity index (χ1v) is 6.58. The molecule has 1 aromatic carbocycles. The number of hydrogen-bond acceptors (Lipinski definition) is 3. The van der Waals surface area contributed by atoms with Gasteiger partial charge in [0.1, 0.15) is 5.15 Å². The highest BCUT2D eigenvalue weighted by Crippen LogP contribution is 2.36. The van der Waals surface area contributed by atoms with E-state index in [1.165, 1.54) is 4.90 Å². The zero-order chi connectivity index (χ0) is 14.3. The van der Waals surface area contributed by atoms with Gasteiger partial charge in [-0.3, -0.25) is 14.5 Å². The molecule has 0 atom stereocenters. The third-order valence-electron chi connectivity index (χ3n) is 3.07. The second-order valence-electron chi connectivity index (χ2n) is 4.35. The van der Waals surface area contributed by atoms with Crippen LogP contribution in [0, 0.1) is 0 Å². The Morgan fingerprint density at radius 2 is 1.90 bits per heavy atom. The molecule has 2 heterocycles. The molecule has 0 unspecified atom stereocenters. The van der Waals surface area contributed by atoms with Gasteiger partial charge in [0.2, 0.25) is 0 Å². The van der Waals surface area contributed by atoms with Gasteiger partial charge in [-0.15, -0.1) is 0 Å². The van der Waals surface area contributed by atoms with E-state index in [2.05, 4.69) is 4.98 Å². The van der Waals surface area contributed by atoms with Crippen molar-refractivity contribution in [1.29, 1.82) is 0 Å². The molecule has 1 aromatic heterocycles. The quantitative estimate of drug-likeness (QED) is 0.633. The molecule has 100 valence electrons. The van der Waals surface area contributed by atoms with Gasteiger partial charge in [0.05, 0.1) is 22.8 Å². The number of ketones is 1. The standard InChI is InChI=1S/C14H8Cl2N2O2/c15-10-3-1-2-9-12(10)18(14(20)13(9)19)7-8-4-5-11(16)17-6-8/h1-6H,7H2. The van der Waals surface area contributed by atoms with Crippen LogP contribution in [0.1, 0.15) is 15.9 Å². The highest BCUT2D eigenvalue weighted by molar-refractivity contribution is 6.54. The number of benzene rings is 1. The number of carbonyl (C=O) groups excluding carboxylic acids is 2. The van der Waals surface area contributed by atoms with Gasteiger partial charge in [-0.05, 0) is 23.8 Å². The number of aromatic nitrogens is 1. The summed E-state index contributed by atoms with van der Waals surface area (Å²) in [4.78, 5) is 29.3. The van der Waals surface area contributed by atoms with Crippen molar-refractivity contribution in [3.05, 3.63) is 57.8 Å². The molecule has 0 aliphatic carbocycles. The first-order chi connectivity index (χ1) is 9.58. The predicted octanol–water partition coefficient (Wildman–Crippen LogP) is 3.12. The summed E-state index contributed by atoms with van der Waals surface area (Å²) in [6, 6.07) is 8.29. The van der Waals surface area contributed by atoms with E-state index < -0.39 is 11.7 Å². The number of fused-ring (bicyclic) bond motifs is 1. The summed E-state index contributed by atoms with van der Waals surface area (Å²) in [5.74, 6) is -1.12. The lowest BCUT2D eigenvalue weighted by molar-refractivity contribution is -0.114. The van der Waals surface area contributed by atoms with Crippen LogP contribution in [-0.2, 0) is 11.3 Å². The van der Waals surface area contributed by atoms with Crippen molar-refractivity contribution in [2.24, 2.45) is 0 Å². The fourth-order valence-corrected chi connectivity index (χ4v) is 2.53. The Morgan fingerprint density at radius 3 is 2.60 bits per heavy atom. The van der Waals surface area contributed by atoms with E-state index in [0.717, 1.165) is 5.56 Å². The van der Waals surface area contributed by atoms with E-state index in [4.69, 9.17) is 23.2 Å². The van der Waals surface area contributed by atoms with Gasteiger partial charge in [0, 0.05) is 6.20 Å². The Balaban J connectivity index is 2.01. The van der Waals surface area contributed by atoms with Crippen LogP contribution in [0.3, 0.4) is 0 Å². The van der Waals surface area contributed by atoms with Gasteiger partial charge in [-0.25, -0.2) is 4.98 Å². The lowest BCUT2D eigenvalue weighted by Gasteiger charge is -2.17. The maximum Gasteiger partial charge on any atom is 0.299 e. The molecule has 1 amide bonds. The van der Waals surface area contributed by atoms with Crippen LogP contribution in [0.25, 0.3) is 0 Å². The van der Waals surface area contributed by atoms with Gasteiger partial charge >= 0.3 is 0 Å². The molecule has 1 aliphatic heterocycles. The zero-order valence-corrected chi connectivity index (χ0v) is 11.6. The number of Topliss-reactive ketones (excluding diaryl/α,β-unsaturated/α-hetero) is 1. The SMILES string of the molecule is O=C1C(=O)N(Cc2ccc(Cl)nc2)c2c(Cl)cccc21. The maximum atomic E-state index is 12.1. The van der Waals surface area contributed by atoms with E-state index in [0.29, 0.717) is 21.4 Å². The number of pyridine rings is 1. The van der Waals surface area contributed by atoms with Crippen LogP contribution >= 0.6 is 23.2 Å². The minimum atomic E-state index is -0.581. The normalized spacial score (nSPS) is 13.8. The molecule has 1 aliphatic rings. The van der Waals surface area contributed by atoms with Gasteiger partial charge in [-0.2, -0.15) is 0 Å². The minimum absolute atomic E-state index is 0.228. The summed E-state index contributed by atoms with van der Waals surface area (Å²) < 4.78 is 0. The summed E-state index contributed by atoms with van der Waals surface area (Å²) in [5, 5.41) is 0.750. The number of amides is 1. The van der Waals surface area contributed by atoms with Crippen LogP contribution in [0.15, 0.2) is 36.5 Å². The Kier molecular flexibility index (Phi) is 3.20. The molecule has 0 fully saturated rings. The van der Waals surface area contributed by atoms with Crippen molar-refractivity contribution >= 4 is 40.6 Å². The molecule has 20 heavy (non-hydrogen) atoms. The number of para-hydroxylation sites is 1. The van der Waals surface area contributed by atoms with Crippen LogP contribution in [-0.4, -0.2) is 16.7 Å². The molecular formula is C14H8Cl2N2O2. The highest BCUT2D eigenvalue weighted by atomic mass is 35.5. The zero-order valence-electron chi connectivity index (χ0n) is 10.1. The van der Waals surface area contributed by atoms with Crippen molar-refractivity contribution in [2.75, 3.05) is 4.90 Å². The molecule has 0 saturated heterocycles. The minimum Gasteiger partial charge on any atom is -0.299 e. The molecule has 3 rings (SSSR count). The fraction of sp³-hybridized carbons (Fsp3) is 0.0714. The molecule has 4 nitrogen and oxygen atoms in total. The van der Waals surface area contributed by atoms with Crippen LogP contribution in [0.5, 0.6) is 0 Å². The molecule has 0 N–H and O–H groups in total. The molecular weight excluding hydrogens is 299 g/mol. The lowest BCUT2D eigenvalue weighted by Crippen LogP contribution is -2.29. The van der Waals surface area contributed by atoms with Crippen LogP contribution in [0.2, 0.25) is 10.2 Å². The number of halogens is 2. The Bertz CT molecular complexity index is 714. The van der Waals surface area contributed by atoms with Gasteiger partial charge in [-0.1, -0.05) is 35.3 Å². The molecule has 0 radical (unpaired) electrons. The first kappa shape index (κ1) is 13.1. The van der Waals surface area contributed by atoms with Crippen molar-refractivity contribution in [2.45, 2.75) is 6.54 Å². The van der Waals surface area contributed by atoms with Gasteiger partial charge in [0.25, 0.3) is 11.7 Å². The third kappa shape index (κ3) is 2.07. The van der Waals surface area contributed by atoms with E-state index in [1.54, 1.807) is 36.5 Å². The second-order valence-corrected chi connectivity index (χ2v) is 5.14. The Morgan fingerprint density at radius 1 is 1.10 bits per heavy atom. The number of rotatable bonds is 2. The van der Waals surface area contributed by atoms with Crippen molar-refractivity contribution < 1.29 is 9.59 Å². The topological polar surface area (TPSA) is 50.3 Å². The molecule has 2 aromatic rings. The van der Waals surface area contributed by atoms with E-state index in [9.17, 15) is 9.59 Å². The van der Waals surface area contributed by atoms with Crippen molar-refractivity contribution in [3.63, 3.8) is 0 Å². The van der Waals surface area contributed by atoms with Crippen molar-refractivity contribution in [3.8, 4) is 0 Å². The van der Waals surface area contributed by atoms with Crippen LogP contribution in [0.4, 0.5) is 5.69 Å². The summed E-state index contributed by atoms with van der Waals surface area (Å²) in [5.41, 5.74) is 1.56. The van der Waals surface area contributed by atoms with Crippen LogP contribution < -0.4 is 4.90 Å². The number of nitrogens with zero attached hydrogens (tertiary/aromatic N) is 2. The smallest absolute Gasteiger partial charge is 0.299 e.